The van der Waals surface area contributed by atoms with E-state index in [-0.39, 0.29) is 17.2 Å². The second-order valence-corrected chi connectivity index (χ2v) is 6.72. The number of piperazine rings is 1. The molecule has 1 saturated heterocycles. The molecule has 2 aromatic rings. The predicted octanol–water partition coefficient (Wildman–Crippen LogP) is 3.04. The largest absolute Gasteiger partial charge is 0.478 e. The highest BCUT2D eigenvalue weighted by atomic mass is 35.5. The summed E-state index contributed by atoms with van der Waals surface area (Å²) in [5, 5.41) is 12.8. The van der Waals surface area contributed by atoms with Crippen molar-refractivity contribution >= 4 is 34.9 Å². The maximum atomic E-state index is 12.4. The SMILES string of the molecule is CN1CCN(c2ccc(NC(=O)c3ccc(Cl)cc3)c(C(=O)O)c2)CC1. The number of rotatable bonds is 4. The summed E-state index contributed by atoms with van der Waals surface area (Å²) >= 11 is 5.83. The molecule has 1 heterocycles. The number of carboxylic acid groups (broad SMARTS) is 1. The summed E-state index contributed by atoms with van der Waals surface area (Å²) in [6, 6.07) is 11.5. The van der Waals surface area contributed by atoms with Crippen LogP contribution in [0.25, 0.3) is 0 Å². The molecular formula is C19H20ClN3O3. The van der Waals surface area contributed by atoms with Gasteiger partial charge in [0.1, 0.15) is 0 Å². The zero-order valence-electron chi connectivity index (χ0n) is 14.4. The van der Waals surface area contributed by atoms with Crippen molar-refractivity contribution in [2.75, 3.05) is 43.4 Å². The molecule has 0 bridgehead atoms. The molecule has 0 radical (unpaired) electrons. The summed E-state index contributed by atoms with van der Waals surface area (Å²) in [5.41, 5.74) is 1.60. The van der Waals surface area contributed by atoms with Gasteiger partial charge in [-0.1, -0.05) is 11.6 Å². The maximum absolute atomic E-state index is 12.4. The van der Waals surface area contributed by atoms with Crippen LogP contribution in [-0.4, -0.2) is 55.1 Å². The van der Waals surface area contributed by atoms with Crippen molar-refractivity contribution < 1.29 is 14.7 Å². The van der Waals surface area contributed by atoms with E-state index >= 15 is 0 Å². The van der Waals surface area contributed by atoms with E-state index < -0.39 is 5.97 Å². The van der Waals surface area contributed by atoms with Gasteiger partial charge in [-0.15, -0.1) is 0 Å². The van der Waals surface area contributed by atoms with E-state index in [1.165, 1.54) is 0 Å². The number of anilines is 2. The maximum Gasteiger partial charge on any atom is 0.337 e. The summed E-state index contributed by atoms with van der Waals surface area (Å²) in [6.45, 7) is 3.53. The Bertz CT molecular complexity index is 815. The number of carboxylic acids is 1. The average molecular weight is 374 g/mol. The van der Waals surface area contributed by atoms with Crippen molar-refractivity contribution in [3.63, 3.8) is 0 Å². The van der Waals surface area contributed by atoms with Gasteiger partial charge in [-0.05, 0) is 49.5 Å². The zero-order chi connectivity index (χ0) is 18.7. The standard InChI is InChI=1S/C19H20ClN3O3/c1-22-8-10-23(11-9-22)15-6-7-17(16(12-15)19(25)26)21-18(24)13-2-4-14(20)5-3-13/h2-7,12H,8-11H2,1H3,(H,21,24)(H,25,26). The number of hydrogen-bond donors (Lipinski definition) is 2. The van der Waals surface area contributed by atoms with Crippen LogP contribution in [0.5, 0.6) is 0 Å². The van der Waals surface area contributed by atoms with Gasteiger partial charge in [-0.3, -0.25) is 4.79 Å². The second-order valence-electron chi connectivity index (χ2n) is 6.29. The number of likely N-dealkylation sites (N-methyl/N-ethyl adjacent to an activating group) is 1. The van der Waals surface area contributed by atoms with Gasteiger partial charge in [-0.2, -0.15) is 0 Å². The van der Waals surface area contributed by atoms with Crippen LogP contribution in [0.2, 0.25) is 5.02 Å². The molecule has 0 aromatic heterocycles. The van der Waals surface area contributed by atoms with Gasteiger partial charge in [0.25, 0.3) is 5.91 Å². The van der Waals surface area contributed by atoms with Gasteiger partial charge >= 0.3 is 5.97 Å². The van der Waals surface area contributed by atoms with Crippen molar-refractivity contribution in [3.05, 3.63) is 58.6 Å². The molecule has 0 saturated carbocycles. The van der Waals surface area contributed by atoms with E-state index in [4.69, 9.17) is 11.6 Å². The number of nitrogens with one attached hydrogen (secondary N) is 1. The molecule has 1 aliphatic heterocycles. The summed E-state index contributed by atoms with van der Waals surface area (Å²) < 4.78 is 0. The van der Waals surface area contributed by atoms with Crippen molar-refractivity contribution in [1.29, 1.82) is 0 Å². The van der Waals surface area contributed by atoms with Crippen molar-refractivity contribution in [1.82, 2.24) is 4.90 Å². The van der Waals surface area contributed by atoms with E-state index in [0.717, 1.165) is 31.9 Å². The lowest BCUT2D eigenvalue weighted by Gasteiger charge is -2.34. The molecule has 0 unspecified atom stereocenters. The second kappa shape index (κ2) is 7.76. The van der Waals surface area contributed by atoms with E-state index in [0.29, 0.717) is 10.6 Å². The molecule has 136 valence electrons. The highest BCUT2D eigenvalue weighted by Gasteiger charge is 2.19. The highest BCUT2D eigenvalue weighted by Crippen LogP contribution is 2.25. The van der Waals surface area contributed by atoms with Crippen LogP contribution in [0.4, 0.5) is 11.4 Å². The lowest BCUT2D eigenvalue weighted by molar-refractivity contribution is 0.0698. The topological polar surface area (TPSA) is 72.9 Å². The molecule has 1 amide bonds. The summed E-state index contributed by atoms with van der Waals surface area (Å²) in [6.07, 6.45) is 0. The summed E-state index contributed by atoms with van der Waals surface area (Å²) in [7, 11) is 2.06. The van der Waals surface area contributed by atoms with E-state index in [2.05, 4.69) is 22.2 Å². The van der Waals surface area contributed by atoms with Crippen LogP contribution < -0.4 is 10.2 Å². The molecule has 1 fully saturated rings. The van der Waals surface area contributed by atoms with Crippen LogP contribution in [0.1, 0.15) is 20.7 Å². The number of carbonyl (C=O) groups is 2. The Morgan fingerprint density at radius 2 is 1.69 bits per heavy atom. The Balaban J connectivity index is 1.81. The Labute approximate surface area is 157 Å². The number of hydrogen-bond acceptors (Lipinski definition) is 4. The minimum atomic E-state index is -1.08. The lowest BCUT2D eigenvalue weighted by atomic mass is 10.1. The zero-order valence-corrected chi connectivity index (χ0v) is 15.2. The Morgan fingerprint density at radius 3 is 2.31 bits per heavy atom. The third-order valence-corrected chi connectivity index (χ3v) is 4.71. The van der Waals surface area contributed by atoms with Crippen LogP contribution >= 0.6 is 11.6 Å². The number of benzene rings is 2. The normalized spacial score (nSPS) is 14.9. The molecule has 2 N–H and O–H groups in total. The van der Waals surface area contributed by atoms with Gasteiger partial charge in [-0.25, -0.2) is 4.79 Å². The molecule has 26 heavy (non-hydrogen) atoms. The summed E-state index contributed by atoms with van der Waals surface area (Å²) in [4.78, 5) is 28.4. The summed E-state index contributed by atoms with van der Waals surface area (Å²) in [5.74, 6) is -1.45. The molecule has 0 aliphatic carbocycles. The van der Waals surface area contributed by atoms with Gasteiger partial charge in [0.05, 0.1) is 11.3 Å². The van der Waals surface area contributed by atoms with Crippen LogP contribution in [0, 0.1) is 0 Å². The fraction of sp³-hybridized carbons (Fsp3) is 0.263. The number of halogens is 1. The molecule has 2 aromatic carbocycles. The number of aromatic carboxylic acids is 1. The van der Waals surface area contributed by atoms with Gasteiger partial charge < -0.3 is 20.2 Å². The van der Waals surface area contributed by atoms with E-state index in [1.807, 2.05) is 6.07 Å². The van der Waals surface area contributed by atoms with Crippen LogP contribution in [0.15, 0.2) is 42.5 Å². The first-order valence-electron chi connectivity index (χ1n) is 8.32. The molecule has 7 heteroatoms. The smallest absolute Gasteiger partial charge is 0.337 e. The van der Waals surface area contributed by atoms with Crippen LogP contribution in [-0.2, 0) is 0 Å². The third kappa shape index (κ3) is 4.15. The van der Waals surface area contributed by atoms with Crippen LogP contribution in [0.3, 0.4) is 0 Å². The minimum Gasteiger partial charge on any atom is -0.478 e. The monoisotopic (exact) mass is 373 g/mol. The molecule has 0 spiro atoms. The number of amides is 1. The first-order chi connectivity index (χ1) is 12.4. The number of carbonyl (C=O) groups excluding carboxylic acids is 1. The molecule has 6 nitrogen and oxygen atoms in total. The predicted molar refractivity (Wildman–Crippen MR) is 103 cm³/mol. The quantitative estimate of drug-likeness (QED) is 0.861. The first-order valence-corrected chi connectivity index (χ1v) is 8.69. The highest BCUT2D eigenvalue weighted by molar-refractivity contribution is 6.30. The van der Waals surface area contributed by atoms with E-state index in [9.17, 15) is 14.7 Å². The molecule has 0 atom stereocenters. The van der Waals surface area contributed by atoms with Gasteiger partial charge in [0.2, 0.25) is 0 Å². The molecule has 3 rings (SSSR count). The third-order valence-electron chi connectivity index (χ3n) is 4.46. The molecular weight excluding hydrogens is 354 g/mol. The molecule has 1 aliphatic rings. The Morgan fingerprint density at radius 1 is 1.04 bits per heavy atom. The lowest BCUT2D eigenvalue weighted by Crippen LogP contribution is -2.44. The average Bonchev–Trinajstić information content (AvgIpc) is 2.63. The fourth-order valence-corrected chi connectivity index (χ4v) is 3.00. The first kappa shape index (κ1) is 18.2. The Hall–Kier alpha value is -2.57. The fourth-order valence-electron chi connectivity index (χ4n) is 2.88. The van der Waals surface area contributed by atoms with Gasteiger partial charge in [0.15, 0.2) is 0 Å². The van der Waals surface area contributed by atoms with Crippen molar-refractivity contribution in [2.45, 2.75) is 0 Å². The Kier molecular flexibility index (Phi) is 5.44. The van der Waals surface area contributed by atoms with Crippen molar-refractivity contribution in [2.24, 2.45) is 0 Å². The van der Waals surface area contributed by atoms with Crippen molar-refractivity contribution in [3.8, 4) is 0 Å². The van der Waals surface area contributed by atoms with E-state index in [1.54, 1.807) is 36.4 Å². The number of nitrogens with zero attached hydrogens (tertiary/aromatic N) is 2. The van der Waals surface area contributed by atoms with Gasteiger partial charge in [0, 0.05) is 42.5 Å². The minimum absolute atomic E-state index is 0.0729.